The highest BCUT2D eigenvalue weighted by Gasteiger charge is 2.00. The van der Waals surface area contributed by atoms with E-state index in [4.69, 9.17) is 9.47 Å². The van der Waals surface area contributed by atoms with Gasteiger partial charge in [0.05, 0.1) is 13.7 Å². The molecule has 22 heavy (non-hydrogen) atoms. The maximum atomic E-state index is 11.3. The molecule has 0 aromatic heterocycles. The summed E-state index contributed by atoms with van der Waals surface area (Å²) in [6, 6.07) is 15.1. The first-order chi connectivity index (χ1) is 10.7. The molecule has 0 aliphatic heterocycles. The number of ether oxygens (including phenoxy) is 2. The zero-order chi connectivity index (χ0) is 15.8. The Bertz CT molecular complexity index is 608. The van der Waals surface area contributed by atoms with E-state index in [1.165, 1.54) is 0 Å². The highest BCUT2D eigenvalue weighted by Crippen LogP contribution is 2.17. The van der Waals surface area contributed by atoms with E-state index < -0.39 is 0 Å². The van der Waals surface area contributed by atoms with Gasteiger partial charge in [-0.25, -0.2) is 0 Å². The molecule has 0 spiro atoms. The van der Waals surface area contributed by atoms with Crippen LogP contribution in [0.1, 0.15) is 23.7 Å². The number of ketones is 1. The van der Waals surface area contributed by atoms with Crippen LogP contribution in [0.25, 0.3) is 0 Å². The van der Waals surface area contributed by atoms with Crippen LogP contribution in [0.5, 0.6) is 11.5 Å². The number of nitrogens with one attached hydrogen (secondary N) is 1. The summed E-state index contributed by atoms with van der Waals surface area (Å²) in [5.74, 6) is 1.73. The lowest BCUT2D eigenvalue weighted by Crippen LogP contribution is -2.07. The second-order valence-corrected chi connectivity index (χ2v) is 4.94. The molecule has 0 heterocycles. The molecule has 4 nitrogen and oxygen atoms in total. The average molecular weight is 299 g/mol. The van der Waals surface area contributed by atoms with E-state index in [0.29, 0.717) is 6.61 Å². The van der Waals surface area contributed by atoms with E-state index in [1.54, 1.807) is 14.0 Å². The minimum absolute atomic E-state index is 0.0755. The Balaban J connectivity index is 1.70. The summed E-state index contributed by atoms with van der Waals surface area (Å²) >= 11 is 0. The highest BCUT2D eigenvalue weighted by atomic mass is 16.5. The number of methoxy groups -OCH3 is 1. The van der Waals surface area contributed by atoms with Crippen molar-refractivity contribution in [3.8, 4) is 11.5 Å². The average Bonchev–Trinajstić information content (AvgIpc) is 2.55. The van der Waals surface area contributed by atoms with Gasteiger partial charge < -0.3 is 14.8 Å². The molecular formula is C18H21NO3. The van der Waals surface area contributed by atoms with Gasteiger partial charge >= 0.3 is 0 Å². The van der Waals surface area contributed by atoms with Crippen molar-refractivity contribution in [1.82, 2.24) is 0 Å². The van der Waals surface area contributed by atoms with Crippen LogP contribution in [0, 0.1) is 0 Å². The maximum absolute atomic E-state index is 11.3. The van der Waals surface area contributed by atoms with E-state index in [1.807, 2.05) is 48.5 Å². The number of anilines is 1. The smallest absolute Gasteiger partial charge is 0.159 e. The molecule has 1 N–H and O–H groups in total. The predicted octanol–water partition coefficient (Wildman–Crippen LogP) is 3.78. The van der Waals surface area contributed by atoms with E-state index >= 15 is 0 Å². The molecule has 116 valence electrons. The van der Waals surface area contributed by atoms with E-state index in [0.717, 1.165) is 35.7 Å². The fourth-order valence-corrected chi connectivity index (χ4v) is 2.02. The minimum Gasteiger partial charge on any atom is -0.497 e. The van der Waals surface area contributed by atoms with Gasteiger partial charge in [0, 0.05) is 17.8 Å². The number of rotatable bonds is 8. The lowest BCUT2D eigenvalue weighted by atomic mass is 10.1. The van der Waals surface area contributed by atoms with Crippen LogP contribution < -0.4 is 14.8 Å². The SMILES string of the molecule is COc1ccc(OCCCNc2cccc(C(C)=O)c2)cc1. The number of hydrogen-bond donors (Lipinski definition) is 1. The van der Waals surface area contributed by atoms with Crippen molar-refractivity contribution in [2.45, 2.75) is 13.3 Å². The largest absolute Gasteiger partial charge is 0.497 e. The van der Waals surface area contributed by atoms with Gasteiger partial charge in [-0.05, 0) is 49.7 Å². The first kappa shape index (κ1) is 15.9. The Morgan fingerprint density at radius 1 is 1.09 bits per heavy atom. The normalized spacial score (nSPS) is 10.1. The lowest BCUT2D eigenvalue weighted by molar-refractivity contribution is 0.101. The van der Waals surface area contributed by atoms with Crippen molar-refractivity contribution in [2.24, 2.45) is 0 Å². The molecule has 0 radical (unpaired) electrons. The Hall–Kier alpha value is -2.49. The Kier molecular flexibility index (Phi) is 5.83. The van der Waals surface area contributed by atoms with Gasteiger partial charge in [-0.3, -0.25) is 4.79 Å². The van der Waals surface area contributed by atoms with Crippen molar-refractivity contribution < 1.29 is 14.3 Å². The summed E-state index contributed by atoms with van der Waals surface area (Å²) in [6.45, 7) is 2.99. The molecule has 0 fully saturated rings. The zero-order valence-corrected chi connectivity index (χ0v) is 13.0. The van der Waals surface area contributed by atoms with Crippen LogP contribution in [0.3, 0.4) is 0 Å². The van der Waals surface area contributed by atoms with E-state index in [-0.39, 0.29) is 5.78 Å². The Labute approximate surface area is 131 Å². The minimum atomic E-state index is 0.0755. The second kappa shape index (κ2) is 8.08. The van der Waals surface area contributed by atoms with Gasteiger partial charge in [-0.15, -0.1) is 0 Å². The molecular weight excluding hydrogens is 278 g/mol. The lowest BCUT2D eigenvalue weighted by Gasteiger charge is -2.09. The first-order valence-electron chi connectivity index (χ1n) is 7.31. The fraction of sp³-hybridized carbons (Fsp3) is 0.278. The van der Waals surface area contributed by atoms with Gasteiger partial charge in [-0.2, -0.15) is 0 Å². The van der Waals surface area contributed by atoms with E-state index in [2.05, 4.69) is 5.32 Å². The Morgan fingerprint density at radius 3 is 2.50 bits per heavy atom. The summed E-state index contributed by atoms with van der Waals surface area (Å²) in [5.41, 5.74) is 1.68. The van der Waals surface area contributed by atoms with Crippen LogP contribution in [-0.4, -0.2) is 26.0 Å². The third-order valence-electron chi connectivity index (χ3n) is 3.25. The standard InChI is InChI=1S/C18H21NO3/c1-14(20)15-5-3-6-16(13-15)19-11-4-12-22-18-9-7-17(21-2)8-10-18/h3,5-10,13,19H,4,11-12H2,1-2H3. The van der Waals surface area contributed by atoms with Gasteiger partial charge in [-0.1, -0.05) is 12.1 Å². The Morgan fingerprint density at radius 2 is 1.82 bits per heavy atom. The van der Waals surface area contributed by atoms with E-state index in [9.17, 15) is 4.79 Å². The van der Waals surface area contributed by atoms with Crippen molar-refractivity contribution in [1.29, 1.82) is 0 Å². The molecule has 0 saturated carbocycles. The molecule has 0 aliphatic rings. The van der Waals surface area contributed by atoms with Gasteiger partial charge in [0.1, 0.15) is 11.5 Å². The second-order valence-electron chi connectivity index (χ2n) is 4.94. The third-order valence-corrected chi connectivity index (χ3v) is 3.25. The van der Waals surface area contributed by atoms with Crippen LogP contribution >= 0.6 is 0 Å². The molecule has 2 aromatic carbocycles. The van der Waals surface area contributed by atoms with Crippen molar-refractivity contribution in [3.63, 3.8) is 0 Å². The van der Waals surface area contributed by atoms with Crippen LogP contribution in [0.4, 0.5) is 5.69 Å². The number of hydrogen-bond acceptors (Lipinski definition) is 4. The summed E-state index contributed by atoms with van der Waals surface area (Å²) < 4.78 is 10.8. The molecule has 0 unspecified atom stereocenters. The molecule has 4 heteroatoms. The van der Waals surface area contributed by atoms with Crippen LogP contribution in [0.15, 0.2) is 48.5 Å². The molecule has 2 rings (SSSR count). The topological polar surface area (TPSA) is 47.6 Å². The van der Waals surface area contributed by atoms with Crippen LogP contribution in [-0.2, 0) is 0 Å². The maximum Gasteiger partial charge on any atom is 0.159 e. The summed E-state index contributed by atoms with van der Waals surface area (Å²) in [5, 5.41) is 3.29. The monoisotopic (exact) mass is 299 g/mol. The third kappa shape index (κ3) is 4.81. The molecule has 0 saturated heterocycles. The highest BCUT2D eigenvalue weighted by molar-refractivity contribution is 5.94. The molecule has 0 atom stereocenters. The summed E-state index contributed by atoms with van der Waals surface area (Å²) in [6.07, 6.45) is 0.871. The number of carbonyl (C=O) groups excluding carboxylic acids is 1. The van der Waals surface area contributed by atoms with Gasteiger partial charge in [0.15, 0.2) is 5.78 Å². The van der Waals surface area contributed by atoms with Crippen molar-refractivity contribution in [3.05, 3.63) is 54.1 Å². The van der Waals surface area contributed by atoms with Gasteiger partial charge in [0.2, 0.25) is 0 Å². The summed E-state index contributed by atoms with van der Waals surface area (Å²) in [7, 11) is 1.64. The van der Waals surface area contributed by atoms with Crippen molar-refractivity contribution >= 4 is 11.5 Å². The fourth-order valence-electron chi connectivity index (χ4n) is 2.02. The zero-order valence-electron chi connectivity index (χ0n) is 13.0. The number of Topliss-reactive ketones (excluding diaryl/α,β-unsaturated/α-hetero) is 1. The predicted molar refractivity (Wildman–Crippen MR) is 88.0 cm³/mol. The molecule has 0 aliphatic carbocycles. The quantitative estimate of drug-likeness (QED) is 0.595. The molecule has 0 bridgehead atoms. The molecule has 0 amide bonds. The van der Waals surface area contributed by atoms with Gasteiger partial charge in [0.25, 0.3) is 0 Å². The first-order valence-corrected chi connectivity index (χ1v) is 7.31. The molecule has 2 aromatic rings. The number of benzene rings is 2. The number of carbonyl (C=O) groups is 1. The van der Waals surface area contributed by atoms with Crippen molar-refractivity contribution in [2.75, 3.05) is 25.6 Å². The van der Waals surface area contributed by atoms with Crippen LogP contribution in [0.2, 0.25) is 0 Å². The summed E-state index contributed by atoms with van der Waals surface area (Å²) in [4.78, 5) is 11.3.